The Morgan fingerprint density at radius 1 is 1.28 bits per heavy atom. The molecule has 4 heterocycles. The van der Waals surface area contributed by atoms with Gasteiger partial charge in [0.2, 0.25) is 0 Å². The SMILES string of the molecule is CC(C)(CO)NC(=O)c1c[nH]c2ncc(C3(C4CCNCC4)N=Nc4ccccc43)nc12. The van der Waals surface area contributed by atoms with Gasteiger partial charge in [0, 0.05) is 11.8 Å². The molecular weight excluding hydrogens is 406 g/mol. The van der Waals surface area contributed by atoms with E-state index in [1.54, 1.807) is 26.2 Å². The van der Waals surface area contributed by atoms with E-state index in [1.807, 2.05) is 18.2 Å². The number of nitrogens with zero attached hydrogens (tertiary/aromatic N) is 4. The second kappa shape index (κ2) is 7.75. The third-order valence-electron chi connectivity index (χ3n) is 6.42. The number of aromatic amines is 1. The lowest BCUT2D eigenvalue weighted by Gasteiger charge is -2.36. The molecule has 4 N–H and O–H groups in total. The molecule has 32 heavy (non-hydrogen) atoms. The zero-order valence-electron chi connectivity index (χ0n) is 18.2. The van der Waals surface area contributed by atoms with Crippen LogP contribution < -0.4 is 10.6 Å². The van der Waals surface area contributed by atoms with Crippen LogP contribution in [-0.2, 0) is 5.54 Å². The number of carbonyl (C=O) groups is 1. The van der Waals surface area contributed by atoms with E-state index in [0.29, 0.717) is 22.4 Å². The summed E-state index contributed by atoms with van der Waals surface area (Å²) in [7, 11) is 0. The maximum absolute atomic E-state index is 12.9. The largest absolute Gasteiger partial charge is 0.394 e. The Labute approximate surface area is 185 Å². The smallest absolute Gasteiger partial charge is 0.255 e. The van der Waals surface area contributed by atoms with Gasteiger partial charge < -0.3 is 20.7 Å². The van der Waals surface area contributed by atoms with E-state index in [4.69, 9.17) is 10.1 Å². The number of piperidine rings is 1. The molecule has 0 aliphatic carbocycles. The Morgan fingerprint density at radius 2 is 2.06 bits per heavy atom. The van der Waals surface area contributed by atoms with Crippen molar-refractivity contribution in [1.82, 2.24) is 25.6 Å². The van der Waals surface area contributed by atoms with Crippen molar-refractivity contribution in [3.8, 4) is 0 Å². The second-order valence-corrected chi connectivity index (χ2v) is 9.16. The number of amides is 1. The third-order valence-corrected chi connectivity index (χ3v) is 6.42. The number of aliphatic hydroxyl groups is 1. The van der Waals surface area contributed by atoms with Crippen LogP contribution in [0.15, 0.2) is 46.9 Å². The van der Waals surface area contributed by atoms with Crippen LogP contribution in [0.4, 0.5) is 5.69 Å². The lowest BCUT2D eigenvalue weighted by molar-refractivity contribution is 0.0871. The second-order valence-electron chi connectivity index (χ2n) is 9.16. The summed E-state index contributed by atoms with van der Waals surface area (Å²) in [5, 5.41) is 25.1. The van der Waals surface area contributed by atoms with Crippen molar-refractivity contribution >= 4 is 22.8 Å². The summed E-state index contributed by atoms with van der Waals surface area (Å²) >= 11 is 0. The van der Waals surface area contributed by atoms with E-state index in [0.717, 1.165) is 37.2 Å². The molecule has 9 nitrogen and oxygen atoms in total. The van der Waals surface area contributed by atoms with Crippen molar-refractivity contribution in [2.45, 2.75) is 37.8 Å². The van der Waals surface area contributed by atoms with Crippen molar-refractivity contribution in [3.63, 3.8) is 0 Å². The minimum atomic E-state index is -0.749. The Morgan fingerprint density at radius 3 is 2.84 bits per heavy atom. The summed E-state index contributed by atoms with van der Waals surface area (Å²) in [6.07, 6.45) is 5.25. The van der Waals surface area contributed by atoms with E-state index in [9.17, 15) is 9.90 Å². The molecular formula is C23H27N7O2. The van der Waals surface area contributed by atoms with Crippen LogP contribution >= 0.6 is 0 Å². The Kier molecular flexibility index (Phi) is 5.02. The van der Waals surface area contributed by atoms with Crippen molar-refractivity contribution in [3.05, 3.63) is 53.5 Å². The average molecular weight is 434 g/mol. The molecule has 1 fully saturated rings. The molecule has 0 bridgehead atoms. The number of aromatic nitrogens is 3. The van der Waals surface area contributed by atoms with Gasteiger partial charge in [0.1, 0.15) is 5.52 Å². The minimum absolute atomic E-state index is 0.173. The topological polar surface area (TPSA) is 128 Å². The lowest BCUT2D eigenvalue weighted by Crippen LogP contribution is -2.46. The summed E-state index contributed by atoms with van der Waals surface area (Å²) in [5.74, 6) is -0.0986. The molecule has 1 unspecified atom stereocenters. The highest BCUT2D eigenvalue weighted by Crippen LogP contribution is 2.51. The lowest BCUT2D eigenvalue weighted by atomic mass is 9.72. The van der Waals surface area contributed by atoms with E-state index in [2.05, 4.69) is 31.8 Å². The van der Waals surface area contributed by atoms with Gasteiger partial charge in [0.05, 0.1) is 35.3 Å². The fraction of sp³-hybridized carbons (Fsp3) is 0.435. The van der Waals surface area contributed by atoms with Crippen molar-refractivity contribution < 1.29 is 9.90 Å². The highest BCUT2D eigenvalue weighted by atomic mass is 16.3. The van der Waals surface area contributed by atoms with Gasteiger partial charge in [-0.1, -0.05) is 18.2 Å². The van der Waals surface area contributed by atoms with Crippen LogP contribution in [-0.4, -0.2) is 51.2 Å². The number of H-pyrrole nitrogens is 1. The molecule has 0 spiro atoms. The molecule has 5 rings (SSSR count). The highest BCUT2D eigenvalue weighted by Gasteiger charge is 2.48. The molecule has 1 aromatic carbocycles. The number of hydrogen-bond donors (Lipinski definition) is 4. The van der Waals surface area contributed by atoms with Gasteiger partial charge in [-0.25, -0.2) is 9.97 Å². The van der Waals surface area contributed by atoms with Gasteiger partial charge in [-0.3, -0.25) is 4.79 Å². The van der Waals surface area contributed by atoms with Gasteiger partial charge in [0.15, 0.2) is 11.2 Å². The van der Waals surface area contributed by atoms with Gasteiger partial charge in [-0.15, -0.1) is 0 Å². The maximum atomic E-state index is 12.9. The molecule has 166 valence electrons. The first-order valence-electron chi connectivity index (χ1n) is 11.0. The number of hydrogen-bond acceptors (Lipinski definition) is 7. The number of benzene rings is 1. The number of aliphatic hydroxyl groups excluding tert-OH is 1. The molecule has 2 aromatic heterocycles. The number of rotatable bonds is 5. The summed E-state index contributed by atoms with van der Waals surface area (Å²) < 4.78 is 0. The fourth-order valence-electron chi connectivity index (χ4n) is 4.67. The number of fused-ring (bicyclic) bond motifs is 2. The molecule has 0 radical (unpaired) electrons. The molecule has 2 aliphatic rings. The number of carbonyl (C=O) groups excluding carboxylic acids is 1. The summed E-state index contributed by atoms with van der Waals surface area (Å²) in [5.41, 5.74) is 2.51. The predicted octanol–water partition coefficient (Wildman–Crippen LogP) is 2.80. The normalized spacial score (nSPS) is 21.1. The fourth-order valence-corrected chi connectivity index (χ4v) is 4.67. The van der Waals surface area contributed by atoms with Crippen molar-refractivity contribution in [2.24, 2.45) is 16.1 Å². The van der Waals surface area contributed by atoms with Crippen LogP contribution in [0.1, 0.15) is 48.3 Å². The molecule has 0 saturated carbocycles. The molecule has 2 aliphatic heterocycles. The first-order valence-corrected chi connectivity index (χ1v) is 11.0. The van der Waals surface area contributed by atoms with E-state index >= 15 is 0 Å². The van der Waals surface area contributed by atoms with E-state index in [1.165, 1.54) is 0 Å². The molecule has 9 heteroatoms. The maximum Gasteiger partial charge on any atom is 0.255 e. The first-order chi connectivity index (χ1) is 15.4. The van der Waals surface area contributed by atoms with Crippen LogP contribution in [0.2, 0.25) is 0 Å². The van der Waals surface area contributed by atoms with Gasteiger partial charge in [-0.05, 0) is 51.8 Å². The van der Waals surface area contributed by atoms with Crippen LogP contribution in [0.25, 0.3) is 11.2 Å². The Balaban J connectivity index is 1.63. The zero-order valence-corrected chi connectivity index (χ0v) is 18.2. The van der Waals surface area contributed by atoms with Crippen LogP contribution in [0.3, 0.4) is 0 Å². The van der Waals surface area contributed by atoms with E-state index in [-0.39, 0.29) is 18.4 Å². The van der Waals surface area contributed by atoms with Crippen molar-refractivity contribution in [2.75, 3.05) is 19.7 Å². The quantitative estimate of drug-likeness (QED) is 0.492. The molecule has 3 aromatic rings. The van der Waals surface area contributed by atoms with Crippen LogP contribution in [0, 0.1) is 5.92 Å². The summed E-state index contributed by atoms with van der Waals surface area (Å²) in [6, 6.07) is 8.00. The zero-order chi connectivity index (χ0) is 22.3. The summed E-state index contributed by atoms with van der Waals surface area (Å²) in [4.78, 5) is 25.5. The number of azo groups is 1. The monoisotopic (exact) mass is 433 g/mol. The van der Waals surface area contributed by atoms with Gasteiger partial charge in [-0.2, -0.15) is 10.2 Å². The third kappa shape index (κ3) is 3.28. The molecule has 1 atom stereocenters. The first kappa shape index (κ1) is 20.7. The molecule has 1 saturated heterocycles. The Bertz CT molecular complexity index is 1200. The van der Waals surface area contributed by atoms with E-state index < -0.39 is 11.1 Å². The van der Waals surface area contributed by atoms with Crippen LogP contribution in [0.5, 0.6) is 0 Å². The number of nitrogens with one attached hydrogen (secondary N) is 3. The van der Waals surface area contributed by atoms with Crippen molar-refractivity contribution in [1.29, 1.82) is 0 Å². The van der Waals surface area contributed by atoms with Gasteiger partial charge in [0.25, 0.3) is 5.91 Å². The Hall–Kier alpha value is -3.17. The predicted molar refractivity (Wildman–Crippen MR) is 120 cm³/mol. The summed E-state index contributed by atoms with van der Waals surface area (Å²) in [6.45, 7) is 5.17. The standard InChI is InChI=1S/C23H27N7O2/c1-22(2,13-31)28-21(32)15-11-25-20-19(15)27-18(12-26-20)23(14-7-9-24-10-8-14)16-5-3-4-6-17(16)29-30-23/h3-6,11-12,14,24,31H,7-10,13H2,1-2H3,(H,25,26)(H,28,32). The minimum Gasteiger partial charge on any atom is -0.394 e. The van der Waals surface area contributed by atoms with Gasteiger partial charge >= 0.3 is 0 Å². The highest BCUT2D eigenvalue weighted by molar-refractivity contribution is 6.04. The molecule has 1 amide bonds. The average Bonchev–Trinajstić information content (AvgIpc) is 3.41.